The van der Waals surface area contributed by atoms with Gasteiger partial charge < -0.3 is 10.1 Å². The lowest BCUT2D eigenvalue weighted by Crippen LogP contribution is -2.27. The molecule has 110 valence electrons. The number of hydrogen-bond donors (Lipinski definition) is 1. The van der Waals surface area contributed by atoms with E-state index in [0.29, 0.717) is 13.2 Å². The lowest BCUT2D eigenvalue weighted by Gasteiger charge is -2.08. The Balaban J connectivity index is 1.65. The van der Waals surface area contributed by atoms with Crippen LogP contribution in [0.25, 0.3) is 0 Å². The summed E-state index contributed by atoms with van der Waals surface area (Å²) in [6.45, 7) is 5.87. The van der Waals surface area contributed by atoms with Gasteiger partial charge in [-0.1, -0.05) is 24.3 Å². The van der Waals surface area contributed by atoms with E-state index >= 15 is 0 Å². The Bertz CT molecular complexity index is 659. The van der Waals surface area contributed by atoms with Gasteiger partial charge in [0.2, 0.25) is 0 Å². The molecular formula is C16H19N3O2. The molecule has 21 heavy (non-hydrogen) atoms. The smallest absolute Gasteiger partial charge is 0.251 e. The van der Waals surface area contributed by atoms with Gasteiger partial charge in [-0.15, -0.1) is 0 Å². The van der Waals surface area contributed by atoms with Crippen molar-refractivity contribution in [1.29, 1.82) is 0 Å². The zero-order valence-corrected chi connectivity index (χ0v) is 12.3. The van der Waals surface area contributed by atoms with E-state index in [2.05, 4.69) is 35.5 Å². The molecule has 0 bridgehead atoms. The number of ether oxygens (including phenoxy) is 1. The van der Waals surface area contributed by atoms with E-state index in [4.69, 9.17) is 4.74 Å². The van der Waals surface area contributed by atoms with Crippen molar-refractivity contribution in [2.24, 2.45) is 0 Å². The summed E-state index contributed by atoms with van der Waals surface area (Å²) < 4.78 is 6.94. The molecule has 1 aliphatic heterocycles. The summed E-state index contributed by atoms with van der Waals surface area (Å²) >= 11 is 0. The maximum absolute atomic E-state index is 11.6. The highest BCUT2D eigenvalue weighted by atomic mass is 16.6. The number of aryl methyl sites for hydroxylation is 2. The minimum atomic E-state index is -0.233. The maximum Gasteiger partial charge on any atom is 0.251 e. The predicted octanol–water partition coefficient (Wildman–Crippen LogP) is 1.56. The van der Waals surface area contributed by atoms with Gasteiger partial charge in [-0.05, 0) is 31.0 Å². The van der Waals surface area contributed by atoms with E-state index in [0.717, 1.165) is 23.5 Å². The zero-order valence-electron chi connectivity index (χ0n) is 12.3. The van der Waals surface area contributed by atoms with E-state index < -0.39 is 0 Å². The van der Waals surface area contributed by atoms with E-state index in [1.54, 1.807) is 0 Å². The molecule has 5 heteroatoms. The third-order valence-corrected chi connectivity index (χ3v) is 3.52. The van der Waals surface area contributed by atoms with Gasteiger partial charge in [0.05, 0.1) is 18.8 Å². The molecule has 2 aromatic rings. The predicted molar refractivity (Wildman–Crippen MR) is 78.8 cm³/mol. The monoisotopic (exact) mass is 285 g/mol. The van der Waals surface area contributed by atoms with Crippen LogP contribution in [0.4, 0.5) is 0 Å². The SMILES string of the molecule is Cc1cc(C)n(Cc2cccc(CNC(=O)C3CO3)c2)n1. The average Bonchev–Trinajstić information content (AvgIpc) is 3.24. The number of nitrogens with one attached hydrogen (secondary N) is 1. The van der Waals surface area contributed by atoms with Crippen molar-refractivity contribution >= 4 is 5.91 Å². The first-order valence-electron chi connectivity index (χ1n) is 7.10. The average molecular weight is 285 g/mol. The summed E-state index contributed by atoms with van der Waals surface area (Å²) in [5, 5.41) is 7.35. The highest BCUT2D eigenvalue weighted by Crippen LogP contribution is 2.11. The summed E-state index contributed by atoms with van der Waals surface area (Å²) in [4.78, 5) is 11.6. The second kappa shape index (κ2) is 5.69. The van der Waals surface area contributed by atoms with Gasteiger partial charge in [0.1, 0.15) is 0 Å². The molecule has 1 aliphatic rings. The van der Waals surface area contributed by atoms with E-state index in [1.165, 1.54) is 5.56 Å². The third-order valence-electron chi connectivity index (χ3n) is 3.52. The Labute approximate surface area is 123 Å². The number of rotatable bonds is 5. The lowest BCUT2D eigenvalue weighted by atomic mass is 10.1. The highest BCUT2D eigenvalue weighted by Gasteiger charge is 2.30. The van der Waals surface area contributed by atoms with Crippen LogP contribution in [0.15, 0.2) is 30.3 Å². The molecule has 0 spiro atoms. The molecule has 1 unspecified atom stereocenters. The molecule has 1 saturated heterocycles. The molecule has 0 saturated carbocycles. The zero-order chi connectivity index (χ0) is 14.8. The Kier molecular flexibility index (Phi) is 3.75. The van der Waals surface area contributed by atoms with Gasteiger partial charge in [-0.25, -0.2) is 0 Å². The minimum absolute atomic E-state index is 0.0288. The molecule has 1 N–H and O–H groups in total. The molecule has 2 heterocycles. The summed E-state index contributed by atoms with van der Waals surface area (Å²) in [5.74, 6) is -0.0288. The van der Waals surface area contributed by atoms with Gasteiger partial charge in [0.25, 0.3) is 5.91 Å². The molecular weight excluding hydrogens is 266 g/mol. The molecule has 1 aromatic carbocycles. The van der Waals surface area contributed by atoms with Crippen molar-refractivity contribution in [1.82, 2.24) is 15.1 Å². The molecule has 0 radical (unpaired) electrons. The van der Waals surface area contributed by atoms with Crippen molar-refractivity contribution in [2.75, 3.05) is 6.61 Å². The molecule has 3 rings (SSSR count). The summed E-state index contributed by atoms with van der Waals surface area (Å²) in [6, 6.07) is 10.3. The van der Waals surface area contributed by atoms with E-state index in [1.807, 2.05) is 23.7 Å². The fraction of sp³-hybridized carbons (Fsp3) is 0.375. The Morgan fingerprint density at radius 2 is 2.14 bits per heavy atom. The van der Waals surface area contributed by atoms with Gasteiger partial charge in [-0.3, -0.25) is 9.48 Å². The number of nitrogens with zero attached hydrogens (tertiary/aromatic N) is 2. The third kappa shape index (κ3) is 3.49. The number of benzene rings is 1. The van der Waals surface area contributed by atoms with Crippen molar-refractivity contribution in [3.8, 4) is 0 Å². The fourth-order valence-electron chi connectivity index (χ4n) is 2.35. The molecule has 0 aliphatic carbocycles. The number of epoxide rings is 1. The lowest BCUT2D eigenvalue weighted by molar-refractivity contribution is -0.122. The molecule has 1 fully saturated rings. The van der Waals surface area contributed by atoms with Crippen molar-refractivity contribution in [2.45, 2.75) is 33.0 Å². The molecule has 1 amide bonds. The number of carbonyl (C=O) groups is 1. The maximum atomic E-state index is 11.6. The number of hydrogen-bond acceptors (Lipinski definition) is 3. The first kappa shape index (κ1) is 13.8. The van der Waals surface area contributed by atoms with Crippen LogP contribution in [0.2, 0.25) is 0 Å². The van der Waals surface area contributed by atoms with Crippen LogP contribution in [0.1, 0.15) is 22.5 Å². The fourth-order valence-corrected chi connectivity index (χ4v) is 2.35. The van der Waals surface area contributed by atoms with Crippen LogP contribution in [0, 0.1) is 13.8 Å². The first-order valence-corrected chi connectivity index (χ1v) is 7.10. The molecule has 1 aromatic heterocycles. The van der Waals surface area contributed by atoms with Crippen LogP contribution < -0.4 is 5.32 Å². The summed E-state index contributed by atoms with van der Waals surface area (Å²) in [7, 11) is 0. The van der Waals surface area contributed by atoms with Gasteiger partial charge in [-0.2, -0.15) is 5.10 Å². The normalized spacial score (nSPS) is 16.8. The van der Waals surface area contributed by atoms with Crippen LogP contribution in [0.5, 0.6) is 0 Å². The van der Waals surface area contributed by atoms with E-state index in [-0.39, 0.29) is 12.0 Å². The van der Waals surface area contributed by atoms with Crippen LogP contribution in [-0.2, 0) is 22.6 Å². The summed E-state index contributed by atoms with van der Waals surface area (Å²) in [6.07, 6.45) is -0.233. The van der Waals surface area contributed by atoms with Crippen LogP contribution in [0.3, 0.4) is 0 Å². The molecule has 1 atom stereocenters. The Morgan fingerprint density at radius 3 is 2.81 bits per heavy atom. The van der Waals surface area contributed by atoms with Gasteiger partial charge in [0, 0.05) is 12.2 Å². The quantitative estimate of drug-likeness (QED) is 0.848. The second-order valence-electron chi connectivity index (χ2n) is 5.44. The van der Waals surface area contributed by atoms with Crippen LogP contribution >= 0.6 is 0 Å². The summed E-state index contributed by atoms with van der Waals surface area (Å²) in [5.41, 5.74) is 4.44. The topological polar surface area (TPSA) is 59.5 Å². The number of carbonyl (C=O) groups excluding carboxylic acids is 1. The number of aromatic nitrogens is 2. The minimum Gasteiger partial charge on any atom is -0.363 e. The van der Waals surface area contributed by atoms with Gasteiger partial charge >= 0.3 is 0 Å². The highest BCUT2D eigenvalue weighted by molar-refractivity contribution is 5.82. The van der Waals surface area contributed by atoms with Crippen LogP contribution in [-0.4, -0.2) is 28.4 Å². The standard InChI is InChI=1S/C16H19N3O2/c1-11-6-12(2)19(18-11)9-14-5-3-4-13(7-14)8-17-16(20)15-10-21-15/h3-7,15H,8-10H2,1-2H3,(H,17,20). The van der Waals surface area contributed by atoms with Crippen molar-refractivity contribution in [3.63, 3.8) is 0 Å². The largest absolute Gasteiger partial charge is 0.363 e. The second-order valence-corrected chi connectivity index (χ2v) is 5.44. The van der Waals surface area contributed by atoms with Crippen molar-refractivity contribution in [3.05, 3.63) is 52.8 Å². The Hall–Kier alpha value is -2.14. The van der Waals surface area contributed by atoms with Crippen molar-refractivity contribution < 1.29 is 9.53 Å². The van der Waals surface area contributed by atoms with E-state index in [9.17, 15) is 4.79 Å². The Morgan fingerprint density at radius 1 is 1.38 bits per heavy atom. The van der Waals surface area contributed by atoms with Gasteiger partial charge in [0.15, 0.2) is 6.10 Å². The first-order chi connectivity index (χ1) is 10.1. The number of amides is 1. The molecule has 5 nitrogen and oxygen atoms in total.